The first-order chi connectivity index (χ1) is 8.22. The summed E-state index contributed by atoms with van der Waals surface area (Å²) in [6, 6.07) is 6.17. The Morgan fingerprint density at radius 1 is 1.41 bits per heavy atom. The summed E-state index contributed by atoms with van der Waals surface area (Å²) in [5.41, 5.74) is 0. The summed E-state index contributed by atoms with van der Waals surface area (Å²) in [6.45, 7) is 2.49. The summed E-state index contributed by atoms with van der Waals surface area (Å²) >= 11 is 0. The Labute approximate surface area is 99.5 Å². The Morgan fingerprint density at radius 3 is 2.82 bits per heavy atom. The third kappa shape index (κ3) is 2.64. The SMILES string of the molecule is CCCOC1C(=O)CC1Oc1ccccc1F. The van der Waals surface area contributed by atoms with Gasteiger partial charge < -0.3 is 9.47 Å². The van der Waals surface area contributed by atoms with E-state index in [1.165, 1.54) is 6.07 Å². The highest BCUT2D eigenvalue weighted by molar-refractivity contribution is 5.90. The van der Waals surface area contributed by atoms with E-state index >= 15 is 0 Å². The maximum atomic E-state index is 13.3. The molecule has 0 aliphatic heterocycles. The molecule has 3 nitrogen and oxygen atoms in total. The van der Waals surface area contributed by atoms with Gasteiger partial charge in [-0.2, -0.15) is 0 Å². The molecular weight excluding hydrogens is 223 g/mol. The van der Waals surface area contributed by atoms with Crippen molar-refractivity contribution in [1.82, 2.24) is 0 Å². The molecule has 2 unspecified atom stereocenters. The highest BCUT2D eigenvalue weighted by Crippen LogP contribution is 2.27. The molecule has 1 aromatic carbocycles. The molecule has 2 rings (SSSR count). The van der Waals surface area contributed by atoms with Crippen LogP contribution in [0.3, 0.4) is 0 Å². The molecule has 0 radical (unpaired) electrons. The molecule has 1 aliphatic rings. The average Bonchev–Trinajstić information content (AvgIpc) is 2.31. The van der Waals surface area contributed by atoms with Crippen LogP contribution in [0.25, 0.3) is 0 Å². The normalized spacial score (nSPS) is 23.3. The molecule has 0 bridgehead atoms. The van der Waals surface area contributed by atoms with Crippen LogP contribution in [-0.4, -0.2) is 24.6 Å². The summed E-state index contributed by atoms with van der Waals surface area (Å²) in [4.78, 5) is 11.3. The number of ketones is 1. The number of hydrogen-bond donors (Lipinski definition) is 0. The van der Waals surface area contributed by atoms with Crippen LogP contribution in [-0.2, 0) is 9.53 Å². The van der Waals surface area contributed by atoms with E-state index in [1.54, 1.807) is 18.2 Å². The maximum Gasteiger partial charge on any atom is 0.169 e. The molecule has 4 heteroatoms. The molecular formula is C13H15FO3. The molecule has 0 amide bonds. The maximum absolute atomic E-state index is 13.3. The highest BCUT2D eigenvalue weighted by atomic mass is 19.1. The largest absolute Gasteiger partial charge is 0.484 e. The van der Waals surface area contributed by atoms with Crippen molar-refractivity contribution in [3.8, 4) is 5.75 Å². The quantitative estimate of drug-likeness (QED) is 0.789. The van der Waals surface area contributed by atoms with E-state index in [9.17, 15) is 9.18 Å². The van der Waals surface area contributed by atoms with E-state index in [-0.39, 0.29) is 17.6 Å². The smallest absolute Gasteiger partial charge is 0.169 e. The Hall–Kier alpha value is -1.42. The van der Waals surface area contributed by atoms with Crippen LogP contribution in [0.4, 0.5) is 4.39 Å². The molecule has 0 heterocycles. The number of rotatable bonds is 5. The molecule has 0 N–H and O–H groups in total. The van der Waals surface area contributed by atoms with Crippen molar-refractivity contribution in [2.24, 2.45) is 0 Å². The summed E-state index contributed by atoms with van der Waals surface area (Å²) in [5, 5.41) is 0. The minimum Gasteiger partial charge on any atom is -0.484 e. The molecule has 1 fully saturated rings. The van der Waals surface area contributed by atoms with Gasteiger partial charge in [-0.25, -0.2) is 4.39 Å². The zero-order valence-electron chi connectivity index (χ0n) is 9.69. The number of benzene rings is 1. The molecule has 17 heavy (non-hydrogen) atoms. The third-order valence-corrected chi connectivity index (χ3v) is 2.67. The predicted octanol–water partition coefficient (Wildman–Crippen LogP) is 2.34. The zero-order valence-corrected chi connectivity index (χ0v) is 9.69. The van der Waals surface area contributed by atoms with E-state index in [1.807, 2.05) is 6.92 Å². The van der Waals surface area contributed by atoms with E-state index in [0.717, 1.165) is 6.42 Å². The number of Topliss-reactive ketones (excluding diaryl/α,β-unsaturated/α-hetero) is 1. The molecule has 1 saturated carbocycles. The first kappa shape index (κ1) is 12.0. The first-order valence-corrected chi connectivity index (χ1v) is 5.78. The lowest BCUT2D eigenvalue weighted by atomic mass is 9.90. The minimum absolute atomic E-state index is 0.0276. The number of halogens is 1. The predicted molar refractivity (Wildman–Crippen MR) is 60.5 cm³/mol. The number of ether oxygens (including phenoxy) is 2. The zero-order chi connectivity index (χ0) is 12.3. The number of para-hydroxylation sites is 1. The van der Waals surface area contributed by atoms with Crippen LogP contribution < -0.4 is 4.74 Å². The van der Waals surface area contributed by atoms with E-state index in [2.05, 4.69) is 0 Å². The Balaban J connectivity index is 1.95. The van der Waals surface area contributed by atoms with Gasteiger partial charge in [-0.3, -0.25) is 4.79 Å². The number of carbonyl (C=O) groups is 1. The molecule has 1 aromatic rings. The fourth-order valence-electron chi connectivity index (χ4n) is 1.72. The fourth-order valence-corrected chi connectivity index (χ4v) is 1.72. The second-order valence-corrected chi connectivity index (χ2v) is 4.05. The third-order valence-electron chi connectivity index (χ3n) is 2.67. The Morgan fingerprint density at radius 2 is 2.18 bits per heavy atom. The first-order valence-electron chi connectivity index (χ1n) is 5.78. The second kappa shape index (κ2) is 5.27. The monoisotopic (exact) mass is 238 g/mol. The van der Waals surface area contributed by atoms with Gasteiger partial charge in [0.15, 0.2) is 23.5 Å². The van der Waals surface area contributed by atoms with Crippen molar-refractivity contribution in [3.05, 3.63) is 30.1 Å². The van der Waals surface area contributed by atoms with Gasteiger partial charge in [0.25, 0.3) is 0 Å². The Kier molecular flexibility index (Phi) is 3.74. The van der Waals surface area contributed by atoms with Gasteiger partial charge in [0.05, 0.1) is 0 Å². The summed E-state index contributed by atoms with van der Waals surface area (Å²) < 4.78 is 24.1. The van der Waals surface area contributed by atoms with Crippen molar-refractivity contribution in [2.75, 3.05) is 6.61 Å². The molecule has 1 aliphatic carbocycles. The van der Waals surface area contributed by atoms with Gasteiger partial charge in [0.2, 0.25) is 0 Å². The van der Waals surface area contributed by atoms with Crippen LogP contribution in [0.1, 0.15) is 19.8 Å². The number of carbonyl (C=O) groups excluding carboxylic acids is 1. The van der Waals surface area contributed by atoms with Crippen LogP contribution in [0, 0.1) is 5.82 Å². The van der Waals surface area contributed by atoms with E-state index < -0.39 is 11.9 Å². The van der Waals surface area contributed by atoms with Gasteiger partial charge in [-0.1, -0.05) is 19.1 Å². The van der Waals surface area contributed by atoms with Crippen LogP contribution in [0.2, 0.25) is 0 Å². The summed E-state index contributed by atoms with van der Waals surface area (Å²) in [6.07, 6.45) is 0.249. The Bertz CT molecular complexity index is 405. The van der Waals surface area contributed by atoms with Crippen molar-refractivity contribution >= 4 is 5.78 Å². The van der Waals surface area contributed by atoms with Crippen molar-refractivity contribution in [2.45, 2.75) is 32.0 Å². The van der Waals surface area contributed by atoms with Crippen molar-refractivity contribution < 1.29 is 18.7 Å². The number of hydrogen-bond acceptors (Lipinski definition) is 3. The summed E-state index contributed by atoms with van der Waals surface area (Å²) in [7, 11) is 0. The lowest BCUT2D eigenvalue weighted by molar-refractivity contribution is -0.155. The fraction of sp³-hybridized carbons (Fsp3) is 0.462. The van der Waals surface area contributed by atoms with Gasteiger partial charge in [-0.05, 0) is 18.6 Å². The molecule has 92 valence electrons. The molecule has 0 spiro atoms. The molecule has 0 saturated heterocycles. The minimum atomic E-state index is -0.533. The van der Waals surface area contributed by atoms with E-state index in [0.29, 0.717) is 13.0 Å². The van der Waals surface area contributed by atoms with Crippen LogP contribution >= 0.6 is 0 Å². The van der Waals surface area contributed by atoms with Crippen molar-refractivity contribution in [1.29, 1.82) is 0 Å². The van der Waals surface area contributed by atoms with Crippen LogP contribution in [0.15, 0.2) is 24.3 Å². The molecule has 0 aromatic heterocycles. The molecule has 2 atom stereocenters. The lowest BCUT2D eigenvalue weighted by Crippen LogP contribution is -2.52. The van der Waals surface area contributed by atoms with Gasteiger partial charge in [0, 0.05) is 13.0 Å². The van der Waals surface area contributed by atoms with E-state index in [4.69, 9.17) is 9.47 Å². The second-order valence-electron chi connectivity index (χ2n) is 4.05. The topological polar surface area (TPSA) is 35.5 Å². The highest BCUT2D eigenvalue weighted by Gasteiger charge is 2.42. The van der Waals surface area contributed by atoms with Crippen LogP contribution in [0.5, 0.6) is 5.75 Å². The van der Waals surface area contributed by atoms with Crippen molar-refractivity contribution in [3.63, 3.8) is 0 Å². The standard InChI is InChI=1S/C13H15FO3/c1-2-7-16-13-10(15)8-12(13)17-11-6-4-3-5-9(11)14/h3-6,12-13H,2,7-8H2,1H3. The average molecular weight is 238 g/mol. The van der Waals surface area contributed by atoms with Gasteiger partial charge in [0.1, 0.15) is 6.10 Å². The lowest BCUT2D eigenvalue weighted by Gasteiger charge is -2.34. The van der Waals surface area contributed by atoms with Gasteiger partial charge in [-0.15, -0.1) is 0 Å². The summed E-state index contributed by atoms with van der Waals surface area (Å²) in [5.74, 6) is -0.212. The van der Waals surface area contributed by atoms with Gasteiger partial charge >= 0.3 is 0 Å².